The molecule has 98 valence electrons. The second-order valence-electron chi connectivity index (χ2n) is 6.06. The second kappa shape index (κ2) is 6.20. The summed E-state index contributed by atoms with van der Waals surface area (Å²) in [6.45, 7) is 14.9. The number of rotatable bonds is 3. The average molecular weight is 238 g/mol. The maximum Gasteiger partial charge on any atom is 0.223 e. The number of hydrogen-bond donors (Lipinski definition) is 0. The molecule has 17 heavy (non-hydrogen) atoms. The summed E-state index contributed by atoms with van der Waals surface area (Å²) in [6.07, 6.45) is 3.66. The molecule has 0 N–H and O–H groups in total. The Kier molecular flexibility index (Phi) is 5.19. The smallest absolute Gasteiger partial charge is 0.223 e. The van der Waals surface area contributed by atoms with Crippen molar-refractivity contribution < 1.29 is 4.79 Å². The summed E-state index contributed by atoms with van der Waals surface area (Å²) in [7, 11) is 0. The third-order valence-electron chi connectivity index (χ3n) is 3.01. The molecular formula is C14H26N2O. The van der Waals surface area contributed by atoms with Crippen molar-refractivity contribution >= 4 is 5.91 Å². The summed E-state index contributed by atoms with van der Waals surface area (Å²) in [4.78, 5) is 16.5. The molecule has 3 nitrogen and oxygen atoms in total. The van der Waals surface area contributed by atoms with Gasteiger partial charge in [0.15, 0.2) is 0 Å². The number of hydrogen-bond acceptors (Lipinski definition) is 2. The van der Waals surface area contributed by atoms with Crippen molar-refractivity contribution in [2.45, 2.75) is 33.6 Å². The minimum absolute atomic E-state index is 0.0875. The predicted octanol–water partition coefficient (Wildman–Crippen LogP) is 2.14. The Morgan fingerprint density at radius 2 is 1.94 bits per heavy atom. The van der Waals surface area contributed by atoms with Gasteiger partial charge in [0.05, 0.1) is 0 Å². The summed E-state index contributed by atoms with van der Waals surface area (Å²) in [5.41, 5.74) is 0.0875. The maximum atomic E-state index is 12.1. The number of nitrogens with zero attached hydrogens (tertiary/aromatic N) is 2. The molecule has 1 fully saturated rings. The maximum absolute atomic E-state index is 12.1. The van der Waals surface area contributed by atoms with E-state index >= 15 is 0 Å². The lowest BCUT2D eigenvalue weighted by Crippen LogP contribution is -2.36. The van der Waals surface area contributed by atoms with Crippen molar-refractivity contribution in [3.05, 3.63) is 12.7 Å². The van der Waals surface area contributed by atoms with Crippen LogP contribution in [0.15, 0.2) is 12.7 Å². The fraction of sp³-hybridized carbons (Fsp3) is 0.786. The van der Waals surface area contributed by atoms with Gasteiger partial charge in [-0.05, 0) is 11.8 Å². The van der Waals surface area contributed by atoms with Gasteiger partial charge < -0.3 is 4.90 Å². The summed E-state index contributed by atoms with van der Waals surface area (Å²) < 4.78 is 0. The molecule has 0 aromatic carbocycles. The van der Waals surface area contributed by atoms with E-state index in [1.165, 1.54) is 0 Å². The molecule has 0 spiro atoms. The molecule has 1 amide bonds. The van der Waals surface area contributed by atoms with Gasteiger partial charge in [0, 0.05) is 39.1 Å². The van der Waals surface area contributed by atoms with Gasteiger partial charge in [0.25, 0.3) is 0 Å². The Bertz CT molecular complexity index is 268. The van der Waals surface area contributed by atoms with E-state index in [2.05, 4.69) is 32.3 Å². The van der Waals surface area contributed by atoms with E-state index in [1.54, 1.807) is 0 Å². The van der Waals surface area contributed by atoms with Crippen LogP contribution < -0.4 is 0 Å². The minimum atomic E-state index is 0.0875. The van der Waals surface area contributed by atoms with Crippen LogP contribution in [0.3, 0.4) is 0 Å². The number of amides is 1. The molecule has 1 aliphatic rings. The molecule has 0 radical (unpaired) electrons. The second-order valence-corrected chi connectivity index (χ2v) is 6.06. The van der Waals surface area contributed by atoms with Crippen LogP contribution in [0.25, 0.3) is 0 Å². The van der Waals surface area contributed by atoms with Gasteiger partial charge in [0.2, 0.25) is 5.91 Å². The molecule has 0 aliphatic carbocycles. The molecule has 0 atom stereocenters. The van der Waals surface area contributed by atoms with Crippen molar-refractivity contribution in [1.82, 2.24) is 9.80 Å². The van der Waals surface area contributed by atoms with E-state index in [0.717, 1.165) is 39.1 Å². The largest absolute Gasteiger partial charge is 0.341 e. The van der Waals surface area contributed by atoms with E-state index in [0.29, 0.717) is 12.3 Å². The third kappa shape index (κ3) is 5.35. The Labute approximate surface area is 105 Å². The van der Waals surface area contributed by atoms with Gasteiger partial charge in [-0.2, -0.15) is 0 Å². The minimum Gasteiger partial charge on any atom is -0.341 e. The first-order valence-electron chi connectivity index (χ1n) is 6.53. The monoisotopic (exact) mass is 238 g/mol. The van der Waals surface area contributed by atoms with Crippen LogP contribution in [0.1, 0.15) is 33.6 Å². The van der Waals surface area contributed by atoms with Crippen LogP contribution in [-0.4, -0.2) is 48.4 Å². The van der Waals surface area contributed by atoms with E-state index < -0.39 is 0 Å². The molecule has 3 heteroatoms. The average Bonchev–Trinajstić information content (AvgIpc) is 2.41. The number of carbonyl (C=O) groups excluding carboxylic acids is 1. The molecule has 0 bridgehead atoms. The lowest BCUT2D eigenvalue weighted by molar-refractivity contribution is -0.132. The highest BCUT2D eigenvalue weighted by Gasteiger charge is 2.22. The summed E-state index contributed by atoms with van der Waals surface area (Å²) in [5.74, 6) is 0.304. The highest BCUT2D eigenvalue weighted by atomic mass is 16.2. The van der Waals surface area contributed by atoms with Crippen molar-refractivity contribution in [3.8, 4) is 0 Å². The third-order valence-corrected chi connectivity index (χ3v) is 3.01. The van der Waals surface area contributed by atoms with Crippen LogP contribution in [0.5, 0.6) is 0 Å². The zero-order valence-corrected chi connectivity index (χ0v) is 11.5. The summed E-state index contributed by atoms with van der Waals surface area (Å²) in [5, 5.41) is 0. The normalized spacial score (nSPS) is 18.9. The van der Waals surface area contributed by atoms with Gasteiger partial charge >= 0.3 is 0 Å². The van der Waals surface area contributed by atoms with Gasteiger partial charge in [-0.1, -0.05) is 26.8 Å². The predicted molar refractivity (Wildman–Crippen MR) is 71.9 cm³/mol. The summed E-state index contributed by atoms with van der Waals surface area (Å²) >= 11 is 0. The fourth-order valence-electron chi connectivity index (χ4n) is 2.15. The molecular weight excluding hydrogens is 212 g/mol. The molecule has 1 saturated heterocycles. The summed E-state index contributed by atoms with van der Waals surface area (Å²) in [6, 6.07) is 0. The highest BCUT2D eigenvalue weighted by molar-refractivity contribution is 5.76. The fourth-order valence-corrected chi connectivity index (χ4v) is 2.15. The Morgan fingerprint density at radius 3 is 2.53 bits per heavy atom. The molecule has 0 saturated carbocycles. The Hall–Kier alpha value is -0.830. The highest BCUT2D eigenvalue weighted by Crippen LogP contribution is 2.20. The zero-order valence-electron chi connectivity index (χ0n) is 11.5. The van der Waals surface area contributed by atoms with Crippen LogP contribution in [0, 0.1) is 5.41 Å². The van der Waals surface area contributed by atoms with Gasteiger partial charge in [-0.3, -0.25) is 9.69 Å². The SMILES string of the molecule is C=CCN1CCCN(C(=O)CC(C)(C)C)CC1. The van der Waals surface area contributed by atoms with Crippen molar-refractivity contribution in [2.75, 3.05) is 32.7 Å². The van der Waals surface area contributed by atoms with Crippen LogP contribution in [0.2, 0.25) is 0 Å². The lowest BCUT2D eigenvalue weighted by atomic mass is 9.91. The molecule has 1 heterocycles. The first-order chi connectivity index (χ1) is 7.92. The van der Waals surface area contributed by atoms with Gasteiger partial charge in [-0.15, -0.1) is 6.58 Å². The van der Waals surface area contributed by atoms with E-state index in [9.17, 15) is 4.79 Å². The lowest BCUT2D eigenvalue weighted by Gasteiger charge is -2.25. The van der Waals surface area contributed by atoms with Gasteiger partial charge in [-0.25, -0.2) is 0 Å². The van der Waals surface area contributed by atoms with E-state index in [1.807, 2.05) is 11.0 Å². The number of carbonyl (C=O) groups is 1. The van der Waals surface area contributed by atoms with Crippen LogP contribution >= 0.6 is 0 Å². The quantitative estimate of drug-likeness (QED) is 0.703. The van der Waals surface area contributed by atoms with Crippen LogP contribution in [0.4, 0.5) is 0 Å². The zero-order chi connectivity index (χ0) is 12.9. The van der Waals surface area contributed by atoms with Crippen molar-refractivity contribution in [2.24, 2.45) is 5.41 Å². The molecule has 0 unspecified atom stereocenters. The van der Waals surface area contributed by atoms with Crippen molar-refractivity contribution in [3.63, 3.8) is 0 Å². The molecule has 0 aromatic heterocycles. The topological polar surface area (TPSA) is 23.6 Å². The first-order valence-corrected chi connectivity index (χ1v) is 6.53. The molecule has 1 aliphatic heterocycles. The Balaban J connectivity index is 2.45. The first kappa shape index (κ1) is 14.2. The van der Waals surface area contributed by atoms with Gasteiger partial charge in [0.1, 0.15) is 0 Å². The van der Waals surface area contributed by atoms with E-state index in [-0.39, 0.29) is 5.41 Å². The van der Waals surface area contributed by atoms with Crippen LogP contribution in [-0.2, 0) is 4.79 Å². The molecule has 0 aromatic rings. The van der Waals surface area contributed by atoms with Crippen molar-refractivity contribution in [1.29, 1.82) is 0 Å². The Morgan fingerprint density at radius 1 is 1.24 bits per heavy atom. The molecule has 1 rings (SSSR count). The standard InChI is InChI=1S/C14H26N2O/c1-5-7-15-8-6-9-16(11-10-15)13(17)12-14(2,3)4/h5H,1,6-12H2,2-4H3. The van der Waals surface area contributed by atoms with E-state index in [4.69, 9.17) is 0 Å².